The van der Waals surface area contributed by atoms with Crippen molar-refractivity contribution in [2.45, 2.75) is 63.9 Å². The van der Waals surface area contributed by atoms with E-state index in [1.165, 1.54) is 5.56 Å². The maximum atomic E-state index is 12.4. The first-order chi connectivity index (χ1) is 19.7. The lowest BCUT2D eigenvalue weighted by molar-refractivity contribution is 0.0204. The number of benzene rings is 1. The van der Waals surface area contributed by atoms with Crippen molar-refractivity contribution < 1.29 is 14.6 Å². The van der Waals surface area contributed by atoms with Gasteiger partial charge in [-0.25, -0.2) is 14.8 Å². The zero-order valence-corrected chi connectivity index (χ0v) is 23.9. The summed E-state index contributed by atoms with van der Waals surface area (Å²) >= 11 is 0. The van der Waals surface area contributed by atoms with Crippen LogP contribution in [0, 0.1) is 0 Å². The molecular formula is C31H37N7O3. The van der Waals surface area contributed by atoms with Crippen molar-refractivity contribution >= 4 is 23.1 Å². The van der Waals surface area contributed by atoms with E-state index in [1.807, 2.05) is 57.6 Å². The minimum atomic E-state index is -0.479. The highest BCUT2D eigenvalue weighted by Gasteiger charge is 2.29. The van der Waals surface area contributed by atoms with Crippen LogP contribution in [0.15, 0.2) is 48.9 Å². The van der Waals surface area contributed by atoms with E-state index in [0.29, 0.717) is 36.2 Å². The number of piperidine rings is 2. The zero-order chi connectivity index (χ0) is 28.6. The molecule has 2 aliphatic heterocycles. The summed E-state index contributed by atoms with van der Waals surface area (Å²) in [6.07, 6.45) is 9.46. The molecule has 1 amide bonds. The van der Waals surface area contributed by atoms with E-state index in [2.05, 4.69) is 20.1 Å². The van der Waals surface area contributed by atoms with E-state index in [1.54, 1.807) is 17.0 Å². The fraction of sp³-hybridized carbons (Fsp3) is 0.452. The lowest BCUT2D eigenvalue weighted by Crippen LogP contribution is -2.41. The molecule has 2 fully saturated rings. The number of carbonyl (C=O) groups is 1. The first kappa shape index (κ1) is 27.0. The fourth-order valence-corrected chi connectivity index (χ4v) is 5.92. The van der Waals surface area contributed by atoms with E-state index >= 15 is 0 Å². The second kappa shape index (κ2) is 11.0. The lowest BCUT2D eigenvalue weighted by atomic mass is 9.89. The summed E-state index contributed by atoms with van der Waals surface area (Å²) in [5.74, 6) is 1.70. The van der Waals surface area contributed by atoms with Gasteiger partial charge in [-0.1, -0.05) is 12.1 Å². The molecule has 0 atom stereocenters. The molecule has 2 aliphatic rings. The smallest absolute Gasteiger partial charge is 0.410 e. The Morgan fingerprint density at radius 2 is 1.66 bits per heavy atom. The van der Waals surface area contributed by atoms with Gasteiger partial charge in [-0.15, -0.1) is 10.2 Å². The van der Waals surface area contributed by atoms with Crippen LogP contribution in [-0.2, 0) is 4.74 Å². The van der Waals surface area contributed by atoms with Crippen molar-refractivity contribution in [2.24, 2.45) is 0 Å². The molecule has 6 rings (SSSR count). The van der Waals surface area contributed by atoms with Crippen LogP contribution in [0.2, 0.25) is 0 Å². The van der Waals surface area contributed by atoms with Gasteiger partial charge in [0, 0.05) is 55.7 Å². The van der Waals surface area contributed by atoms with Crippen molar-refractivity contribution in [1.29, 1.82) is 0 Å². The number of rotatable bonds is 4. The molecule has 10 heteroatoms. The standard InChI is InChI=1S/C31H37N7O3/c1-31(2,3)41-30(40)38-14-8-20(9-15-38)22-17-33-29(34-18-22)37-12-10-21(11-13-37)25-19-32-28-24(25)16-26(35-36-28)23-6-4-5-7-27(23)39/h4-7,16-21,39H,8-15H2,1-3H3,(H,32,36). The summed E-state index contributed by atoms with van der Waals surface area (Å²) in [5.41, 5.74) is 3.99. The molecule has 0 bridgehead atoms. The van der Waals surface area contributed by atoms with Crippen LogP contribution in [0.5, 0.6) is 5.75 Å². The number of amides is 1. The highest BCUT2D eigenvalue weighted by atomic mass is 16.6. The largest absolute Gasteiger partial charge is 0.507 e. The maximum Gasteiger partial charge on any atom is 0.410 e. The number of phenolic OH excluding ortho intramolecular Hbond substituents is 1. The predicted molar refractivity (Wildman–Crippen MR) is 157 cm³/mol. The predicted octanol–water partition coefficient (Wildman–Crippen LogP) is 5.62. The Hall–Kier alpha value is -4.21. The number of hydrogen-bond acceptors (Lipinski definition) is 8. The van der Waals surface area contributed by atoms with Gasteiger partial charge < -0.3 is 24.6 Å². The summed E-state index contributed by atoms with van der Waals surface area (Å²) in [6.45, 7) is 8.79. The molecule has 10 nitrogen and oxygen atoms in total. The molecule has 41 heavy (non-hydrogen) atoms. The van der Waals surface area contributed by atoms with Crippen LogP contribution in [-0.4, -0.2) is 73.0 Å². The third kappa shape index (κ3) is 5.82. The van der Waals surface area contributed by atoms with Crippen molar-refractivity contribution in [1.82, 2.24) is 30.0 Å². The number of fused-ring (bicyclic) bond motifs is 1. The Morgan fingerprint density at radius 1 is 0.976 bits per heavy atom. The molecule has 2 saturated heterocycles. The highest BCUT2D eigenvalue weighted by Crippen LogP contribution is 2.36. The number of nitrogens with one attached hydrogen (secondary N) is 1. The molecule has 4 aromatic rings. The minimum Gasteiger partial charge on any atom is -0.507 e. The van der Waals surface area contributed by atoms with Gasteiger partial charge >= 0.3 is 6.09 Å². The Bertz CT molecular complexity index is 1510. The molecule has 5 heterocycles. The monoisotopic (exact) mass is 555 g/mol. The number of para-hydroxylation sites is 1. The molecule has 0 unspecified atom stereocenters. The van der Waals surface area contributed by atoms with Gasteiger partial charge in [-0.2, -0.15) is 0 Å². The fourth-order valence-electron chi connectivity index (χ4n) is 5.92. The van der Waals surface area contributed by atoms with Gasteiger partial charge in [-0.3, -0.25) is 0 Å². The Kier molecular flexibility index (Phi) is 7.23. The van der Waals surface area contributed by atoms with E-state index in [9.17, 15) is 9.90 Å². The first-order valence-corrected chi connectivity index (χ1v) is 14.4. The highest BCUT2D eigenvalue weighted by molar-refractivity contribution is 5.84. The lowest BCUT2D eigenvalue weighted by Gasteiger charge is -2.34. The Morgan fingerprint density at radius 3 is 2.34 bits per heavy atom. The number of aromatic amines is 1. The Labute approximate surface area is 239 Å². The van der Waals surface area contributed by atoms with Crippen molar-refractivity contribution in [3.05, 3.63) is 60.0 Å². The average molecular weight is 556 g/mol. The quantitative estimate of drug-likeness (QED) is 0.333. The van der Waals surface area contributed by atoms with Gasteiger partial charge in [0.2, 0.25) is 5.95 Å². The molecule has 214 valence electrons. The molecule has 3 aromatic heterocycles. The number of hydrogen-bond donors (Lipinski definition) is 2. The maximum absolute atomic E-state index is 12.4. The molecule has 0 radical (unpaired) electrons. The first-order valence-electron chi connectivity index (χ1n) is 14.4. The number of carbonyl (C=O) groups excluding carboxylic acids is 1. The molecule has 0 aliphatic carbocycles. The third-order valence-electron chi connectivity index (χ3n) is 8.14. The molecule has 0 spiro atoms. The van der Waals surface area contributed by atoms with Gasteiger partial charge in [0.1, 0.15) is 11.4 Å². The van der Waals surface area contributed by atoms with Gasteiger partial charge in [-0.05, 0) is 87.6 Å². The SMILES string of the molecule is CC(C)(C)OC(=O)N1CCC(c2cnc(N3CCC(c4c[nH]c5nnc(-c6ccccc6O)cc45)CC3)nc2)CC1. The van der Waals surface area contributed by atoms with Gasteiger partial charge in [0.25, 0.3) is 0 Å². The van der Waals surface area contributed by atoms with E-state index in [4.69, 9.17) is 14.7 Å². The minimum absolute atomic E-state index is 0.198. The number of nitrogens with zero attached hydrogens (tertiary/aromatic N) is 6. The molecule has 2 N–H and O–H groups in total. The van der Waals surface area contributed by atoms with Crippen molar-refractivity contribution in [3.8, 4) is 17.0 Å². The summed E-state index contributed by atoms with van der Waals surface area (Å²) in [6, 6.07) is 9.23. The number of aromatic nitrogens is 5. The molecule has 0 saturated carbocycles. The summed E-state index contributed by atoms with van der Waals surface area (Å²) < 4.78 is 5.52. The topological polar surface area (TPSA) is 120 Å². The van der Waals surface area contributed by atoms with Crippen molar-refractivity contribution in [2.75, 3.05) is 31.1 Å². The van der Waals surface area contributed by atoms with Crippen LogP contribution < -0.4 is 4.90 Å². The number of likely N-dealkylation sites (tertiary alicyclic amines) is 1. The number of H-pyrrole nitrogens is 1. The third-order valence-corrected chi connectivity index (χ3v) is 8.14. The van der Waals surface area contributed by atoms with Gasteiger partial charge in [0.05, 0.1) is 5.69 Å². The van der Waals surface area contributed by atoms with Crippen LogP contribution in [0.3, 0.4) is 0 Å². The second-order valence-electron chi connectivity index (χ2n) is 12.1. The normalized spacial score (nSPS) is 17.2. The van der Waals surface area contributed by atoms with Crippen LogP contribution in [0.25, 0.3) is 22.3 Å². The molecule has 1 aromatic carbocycles. The number of ether oxygens (including phenoxy) is 1. The van der Waals surface area contributed by atoms with Crippen LogP contribution in [0.4, 0.5) is 10.7 Å². The number of anilines is 1. The summed E-state index contributed by atoms with van der Waals surface area (Å²) in [5, 5.41) is 20.0. The van der Waals surface area contributed by atoms with Crippen LogP contribution >= 0.6 is 0 Å². The summed E-state index contributed by atoms with van der Waals surface area (Å²) in [4.78, 5) is 29.2. The Balaban J connectivity index is 1.07. The average Bonchev–Trinajstić information content (AvgIpc) is 3.40. The summed E-state index contributed by atoms with van der Waals surface area (Å²) in [7, 11) is 0. The number of aromatic hydroxyl groups is 1. The number of phenols is 1. The van der Waals surface area contributed by atoms with E-state index in [0.717, 1.165) is 61.3 Å². The van der Waals surface area contributed by atoms with E-state index < -0.39 is 5.60 Å². The second-order valence-corrected chi connectivity index (χ2v) is 12.1. The van der Waals surface area contributed by atoms with Crippen molar-refractivity contribution in [3.63, 3.8) is 0 Å². The van der Waals surface area contributed by atoms with Gasteiger partial charge in [0.15, 0.2) is 5.65 Å². The van der Waals surface area contributed by atoms with E-state index in [-0.39, 0.29) is 11.8 Å². The zero-order valence-electron chi connectivity index (χ0n) is 23.9. The van der Waals surface area contributed by atoms with Crippen LogP contribution in [0.1, 0.15) is 69.4 Å². The molecular weight excluding hydrogens is 518 g/mol.